The van der Waals surface area contributed by atoms with E-state index < -0.39 is 0 Å². The molecule has 0 saturated carbocycles. The summed E-state index contributed by atoms with van der Waals surface area (Å²) in [5, 5.41) is 0. The molecule has 1 heterocycles. The Bertz CT molecular complexity index is 854. The molecule has 2 aromatic carbocycles. The van der Waals surface area contributed by atoms with Crippen LogP contribution in [0.4, 0.5) is 0 Å². The maximum Gasteiger partial charge on any atom is 0.254 e. The fourth-order valence-corrected chi connectivity index (χ4v) is 3.56. The van der Waals surface area contributed by atoms with Gasteiger partial charge in [0, 0.05) is 12.7 Å². The lowest BCUT2D eigenvalue weighted by molar-refractivity contribution is -0.595. The van der Waals surface area contributed by atoms with Gasteiger partial charge in [-0.05, 0) is 44.4 Å². The third-order valence-electron chi connectivity index (χ3n) is 4.41. The Kier molecular flexibility index (Phi) is 4.54. The second-order valence-corrected chi connectivity index (χ2v) is 6.49. The van der Waals surface area contributed by atoms with Gasteiger partial charge in [-0.3, -0.25) is 0 Å². The van der Waals surface area contributed by atoms with Crippen molar-refractivity contribution in [3.05, 3.63) is 76.9 Å². The third kappa shape index (κ3) is 3.00. The van der Waals surface area contributed by atoms with Crippen molar-refractivity contribution in [1.82, 2.24) is 4.57 Å². The molecule has 3 nitrogen and oxygen atoms in total. The van der Waals surface area contributed by atoms with Crippen LogP contribution in [0.15, 0.2) is 49.1 Å². The Hall–Kier alpha value is -2.39. The molecule has 0 aliphatic carbocycles. The monoisotopic (exact) mass is 321 g/mol. The summed E-state index contributed by atoms with van der Waals surface area (Å²) >= 11 is 0. The molecule has 24 heavy (non-hydrogen) atoms. The number of nitrogens with zero attached hydrogens (tertiary/aromatic N) is 2. The van der Waals surface area contributed by atoms with Gasteiger partial charge in [0.2, 0.25) is 0 Å². The molecule has 0 aliphatic heterocycles. The van der Waals surface area contributed by atoms with Crippen LogP contribution in [-0.2, 0) is 11.3 Å². The van der Waals surface area contributed by atoms with Crippen LogP contribution in [0, 0.1) is 27.7 Å². The zero-order chi connectivity index (χ0) is 17.3. The van der Waals surface area contributed by atoms with E-state index in [0.717, 1.165) is 0 Å². The minimum Gasteiger partial charge on any atom is -0.380 e. The summed E-state index contributed by atoms with van der Waals surface area (Å²) in [6.07, 6.45) is 6.38. The van der Waals surface area contributed by atoms with Gasteiger partial charge in [0.25, 0.3) is 6.33 Å². The quantitative estimate of drug-likeness (QED) is 0.661. The van der Waals surface area contributed by atoms with Gasteiger partial charge >= 0.3 is 0 Å². The number of methoxy groups -OCH3 is 1. The average Bonchev–Trinajstić information content (AvgIpc) is 2.95. The highest BCUT2D eigenvalue weighted by Gasteiger charge is 2.17. The molecule has 0 amide bonds. The van der Waals surface area contributed by atoms with Crippen LogP contribution in [-0.4, -0.2) is 11.7 Å². The average molecular weight is 321 g/mol. The van der Waals surface area contributed by atoms with E-state index in [1.54, 1.807) is 7.11 Å². The Morgan fingerprint density at radius 2 is 1.71 bits per heavy atom. The molecule has 0 bridgehead atoms. The van der Waals surface area contributed by atoms with Crippen LogP contribution in [0.2, 0.25) is 0 Å². The van der Waals surface area contributed by atoms with Crippen LogP contribution in [0.1, 0.15) is 27.8 Å². The van der Waals surface area contributed by atoms with E-state index in [0.29, 0.717) is 6.61 Å². The van der Waals surface area contributed by atoms with Crippen molar-refractivity contribution in [3.63, 3.8) is 0 Å². The predicted molar refractivity (Wildman–Crippen MR) is 97.0 cm³/mol. The largest absolute Gasteiger partial charge is 0.380 e. The van der Waals surface area contributed by atoms with Crippen molar-refractivity contribution >= 4 is 0 Å². The second-order valence-electron chi connectivity index (χ2n) is 6.49. The molecular formula is C21H25N2O+. The van der Waals surface area contributed by atoms with Crippen molar-refractivity contribution in [2.24, 2.45) is 0 Å². The van der Waals surface area contributed by atoms with Gasteiger partial charge in [0.1, 0.15) is 23.8 Å². The van der Waals surface area contributed by atoms with Crippen molar-refractivity contribution in [2.45, 2.75) is 34.3 Å². The second kappa shape index (κ2) is 6.62. The van der Waals surface area contributed by atoms with E-state index in [4.69, 9.17) is 4.74 Å². The Morgan fingerprint density at radius 3 is 2.38 bits per heavy atom. The molecule has 0 radical (unpaired) electrons. The van der Waals surface area contributed by atoms with Crippen LogP contribution in [0.5, 0.6) is 0 Å². The summed E-state index contributed by atoms with van der Waals surface area (Å²) in [5.41, 5.74) is 8.76. The number of hydrogen-bond acceptors (Lipinski definition) is 1. The van der Waals surface area contributed by atoms with E-state index in [-0.39, 0.29) is 0 Å². The predicted octanol–water partition coefficient (Wildman–Crippen LogP) is 4.13. The lowest BCUT2D eigenvalue weighted by Gasteiger charge is -2.09. The van der Waals surface area contributed by atoms with Crippen molar-refractivity contribution in [1.29, 1.82) is 0 Å². The van der Waals surface area contributed by atoms with Crippen LogP contribution in [0.25, 0.3) is 11.4 Å². The molecular weight excluding hydrogens is 296 g/mol. The number of rotatable bonds is 4. The zero-order valence-corrected chi connectivity index (χ0v) is 15.1. The molecule has 0 saturated heterocycles. The highest BCUT2D eigenvalue weighted by atomic mass is 16.5. The normalized spacial score (nSPS) is 11.0. The van der Waals surface area contributed by atoms with Crippen LogP contribution >= 0.6 is 0 Å². The van der Waals surface area contributed by atoms with Gasteiger partial charge < -0.3 is 4.74 Å². The van der Waals surface area contributed by atoms with Crippen LogP contribution < -0.4 is 4.57 Å². The molecule has 0 spiro atoms. The molecule has 1 aromatic heterocycles. The molecule has 0 N–H and O–H groups in total. The first-order valence-electron chi connectivity index (χ1n) is 8.26. The molecule has 3 aromatic rings. The minimum absolute atomic E-state index is 0.609. The SMILES string of the molecule is COCc1cccc(C)c1-n1cc[n+](-c2c(C)cc(C)cc2C)c1. The van der Waals surface area contributed by atoms with Gasteiger partial charge in [0.05, 0.1) is 6.61 Å². The van der Waals surface area contributed by atoms with Gasteiger partial charge in [-0.1, -0.05) is 35.9 Å². The summed E-state index contributed by atoms with van der Waals surface area (Å²) in [5.74, 6) is 0. The maximum absolute atomic E-state index is 5.37. The summed E-state index contributed by atoms with van der Waals surface area (Å²) in [4.78, 5) is 0. The number of ether oxygens (including phenoxy) is 1. The lowest BCUT2D eigenvalue weighted by atomic mass is 10.1. The van der Waals surface area contributed by atoms with Gasteiger partial charge in [-0.25, -0.2) is 9.13 Å². The fourth-order valence-electron chi connectivity index (χ4n) is 3.56. The van der Waals surface area contributed by atoms with E-state index in [9.17, 15) is 0 Å². The van der Waals surface area contributed by atoms with Gasteiger partial charge in [-0.15, -0.1) is 0 Å². The van der Waals surface area contributed by atoms with E-state index in [1.165, 1.54) is 39.2 Å². The molecule has 0 fully saturated rings. The van der Waals surface area contributed by atoms with E-state index >= 15 is 0 Å². The first-order valence-corrected chi connectivity index (χ1v) is 8.26. The van der Waals surface area contributed by atoms with E-state index in [2.05, 4.69) is 85.9 Å². The summed E-state index contributed by atoms with van der Waals surface area (Å²) in [6.45, 7) is 9.23. The fraction of sp³-hybridized carbons (Fsp3) is 0.286. The Balaban J connectivity index is 2.10. The third-order valence-corrected chi connectivity index (χ3v) is 4.41. The molecule has 0 aliphatic rings. The van der Waals surface area contributed by atoms with Crippen molar-refractivity contribution < 1.29 is 9.30 Å². The van der Waals surface area contributed by atoms with E-state index in [1.807, 2.05) is 0 Å². The van der Waals surface area contributed by atoms with Gasteiger partial charge in [-0.2, -0.15) is 0 Å². The zero-order valence-electron chi connectivity index (χ0n) is 15.1. The maximum atomic E-state index is 5.37. The number of benzene rings is 2. The number of para-hydroxylation sites is 1. The highest BCUT2D eigenvalue weighted by Crippen LogP contribution is 2.21. The summed E-state index contributed by atoms with van der Waals surface area (Å²) in [7, 11) is 1.74. The molecule has 124 valence electrons. The topological polar surface area (TPSA) is 18.0 Å². The Morgan fingerprint density at radius 1 is 1.00 bits per heavy atom. The number of aromatic nitrogens is 2. The molecule has 3 rings (SSSR count). The summed E-state index contributed by atoms with van der Waals surface area (Å²) in [6, 6.07) is 10.8. The smallest absolute Gasteiger partial charge is 0.254 e. The lowest BCUT2D eigenvalue weighted by Crippen LogP contribution is -2.30. The van der Waals surface area contributed by atoms with Crippen molar-refractivity contribution in [2.75, 3.05) is 7.11 Å². The number of aryl methyl sites for hydroxylation is 4. The van der Waals surface area contributed by atoms with Crippen LogP contribution in [0.3, 0.4) is 0 Å². The Labute approximate surface area is 144 Å². The van der Waals surface area contributed by atoms with Crippen molar-refractivity contribution in [3.8, 4) is 11.4 Å². The molecule has 0 atom stereocenters. The number of imidazole rings is 1. The molecule has 0 unspecified atom stereocenters. The first kappa shape index (κ1) is 16.5. The highest BCUT2D eigenvalue weighted by molar-refractivity contribution is 5.47. The first-order chi connectivity index (χ1) is 11.5. The standard InChI is InChI=1S/C21H25N2O/c1-15-11-17(3)20(18(4)12-15)22-9-10-23(14-22)21-16(2)7-6-8-19(21)13-24-5/h6-12,14H,13H2,1-5H3/q+1. The van der Waals surface area contributed by atoms with Gasteiger partial charge in [0.15, 0.2) is 0 Å². The molecule has 3 heteroatoms. The summed E-state index contributed by atoms with van der Waals surface area (Å²) < 4.78 is 9.75. The minimum atomic E-state index is 0.609. The number of hydrogen-bond donors (Lipinski definition) is 0.